The zero-order valence-corrected chi connectivity index (χ0v) is 17.3. The van der Waals surface area contributed by atoms with Gasteiger partial charge in [0.1, 0.15) is 22.9 Å². The second kappa shape index (κ2) is 6.94. The van der Waals surface area contributed by atoms with E-state index in [0.717, 1.165) is 24.6 Å². The van der Waals surface area contributed by atoms with E-state index in [-0.39, 0.29) is 11.4 Å². The Labute approximate surface area is 182 Å². The summed E-state index contributed by atoms with van der Waals surface area (Å²) in [6.45, 7) is 0.932. The SMILES string of the molecule is COc1nn(-c2cnccn2)cc1C(=O)Nc1cccc(-c2nnc3n2CC2(CC2)C3)n1. The number of carbonyl (C=O) groups excluding carboxylic acids is 1. The van der Waals surface area contributed by atoms with E-state index in [9.17, 15) is 4.79 Å². The molecule has 4 aromatic heterocycles. The zero-order valence-electron chi connectivity index (χ0n) is 17.3. The second-order valence-corrected chi connectivity index (χ2v) is 8.13. The molecule has 1 saturated carbocycles. The van der Waals surface area contributed by atoms with Gasteiger partial charge >= 0.3 is 0 Å². The lowest BCUT2D eigenvalue weighted by atomic mass is 10.1. The number of anilines is 1. The second-order valence-electron chi connectivity index (χ2n) is 8.13. The Morgan fingerprint density at radius 3 is 2.91 bits per heavy atom. The first-order valence-corrected chi connectivity index (χ1v) is 10.3. The highest BCUT2D eigenvalue weighted by Gasteiger charge is 2.49. The number of hydrogen-bond donors (Lipinski definition) is 1. The van der Waals surface area contributed by atoms with Gasteiger partial charge in [-0.1, -0.05) is 6.07 Å². The van der Waals surface area contributed by atoms with Gasteiger partial charge in [0, 0.05) is 31.6 Å². The summed E-state index contributed by atoms with van der Waals surface area (Å²) < 4.78 is 8.87. The van der Waals surface area contributed by atoms with E-state index < -0.39 is 5.91 Å². The first-order valence-electron chi connectivity index (χ1n) is 10.3. The molecule has 11 heteroatoms. The fourth-order valence-electron chi connectivity index (χ4n) is 4.06. The Balaban J connectivity index is 1.26. The molecule has 160 valence electrons. The molecule has 0 saturated heterocycles. The lowest BCUT2D eigenvalue weighted by Crippen LogP contribution is -2.14. The normalized spacial score (nSPS) is 15.5. The van der Waals surface area contributed by atoms with Gasteiger partial charge in [-0.2, -0.15) is 0 Å². The molecule has 1 spiro atoms. The molecule has 1 N–H and O–H groups in total. The van der Waals surface area contributed by atoms with Crippen LogP contribution in [0.3, 0.4) is 0 Å². The molecular weight excluding hydrogens is 410 g/mol. The molecule has 0 atom stereocenters. The summed E-state index contributed by atoms with van der Waals surface area (Å²) in [7, 11) is 1.46. The Morgan fingerprint density at radius 1 is 1.22 bits per heavy atom. The van der Waals surface area contributed by atoms with Crippen molar-refractivity contribution in [2.75, 3.05) is 12.4 Å². The summed E-state index contributed by atoms with van der Waals surface area (Å²) >= 11 is 0. The predicted octanol–water partition coefficient (Wildman–Crippen LogP) is 1.91. The maximum Gasteiger partial charge on any atom is 0.263 e. The fraction of sp³-hybridized carbons (Fsp3) is 0.286. The van der Waals surface area contributed by atoms with Crippen LogP contribution < -0.4 is 10.1 Å². The van der Waals surface area contributed by atoms with Crippen molar-refractivity contribution in [3.05, 3.63) is 54.4 Å². The van der Waals surface area contributed by atoms with Crippen LogP contribution in [-0.2, 0) is 13.0 Å². The monoisotopic (exact) mass is 429 g/mol. The number of amides is 1. The number of rotatable bonds is 5. The molecule has 1 amide bonds. The minimum atomic E-state index is -0.398. The van der Waals surface area contributed by atoms with E-state index in [1.807, 2.05) is 12.1 Å². The molecule has 6 rings (SSSR count). The van der Waals surface area contributed by atoms with E-state index >= 15 is 0 Å². The van der Waals surface area contributed by atoms with E-state index in [4.69, 9.17) is 4.74 Å². The van der Waals surface area contributed by atoms with E-state index in [0.29, 0.717) is 22.7 Å². The molecule has 1 aliphatic carbocycles. The highest BCUT2D eigenvalue weighted by molar-refractivity contribution is 6.05. The van der Waals surface area contributed by atoms with Gasteiger partial charge in [0.05, 0.1) is 13.3 Å². The molecule has 2 aliphatic rings. The number of methoxy groups -OCH3 is 1. The van der Waals surface area contributed by atoms with Gasteiger partial charge < -0.3 is 14.6 Å². The van der Waals surface area contributed by atoms with E-state index in [1.165, 1.54) is 24.6 Å². The van der Waals surface area contributed by atoms with Gasteiger partial charge in [-0.25, -0.2) is 14.6 Å². The van der Waals surface area contributed by atoms with Crippen LogP contribution in [0.25, 0.3) is 17.3 Å². The quantitative estimate of drug-likeness (QED) is 0.510. The standard InChI is InChI=1S/C21H19N9O2/c1-32-20-13(11-30(28-20)17-10-22-7-8-23-17)19(31)25-15-4-2-3-14(24-15)18-27-26-16-9-21(5-6-21)12-29(16)18/h2-4,7-8,10-11H,5-6,9,12H2,1H3,(H,24,25,31). The van der Waals surface area contributed by atoms with Crippen LogP contribution in [0.4, 0.5) is 5.82 Å². The minimum Gasteiger partial charge on any atom is -0.479 e. The summed E-state index contributed by atoms with van der Waals surface area (Å²) in [6.07, 6.45) is 9.65. The molecule has 32 heavy (non-hydrogen) atoms. The van der Waals surface area contributed by atoms with Crippen LogP contribution in [-0.4, -0.2) is 52.5 Å². The third-order valence-electron chi connectivity index (χ3n) is 5.93. The lowest BCUT2D eigenvalue weighted by Gasteiger charge is -2.08. The first kappa shape index (κ1) is 18.6. The van der Waals surface area contributed by atoms with Crippen molar-refractivity contribution in [1.29, 1.82) is 0 Å². The largest absolute Gasteiger partial charge is 0.479 e. The minimum absolute atomic E-state index is 0.175. The average molecular weight is 429 g/mol. The molecule has 0 unspecified atom stereocenters. The molecule has 5 heterocycles. The number of carbonyl (C=O) groups is 1. The van der Waals surface area contributed by atoms with Crippen molar-refractivity contribution in [1.82, 2.24) is 39.5 Å². The highest BCUT2D eigenvalue weighted by atomic mass is 16.5. The number of pyridine rings is 1. The zero-order chi connectivity index (χ0) is 21.7. The smallest absolute Gasteiger partial charge is 0.263 e. The van der Waals surface area contributed by atoms with Crippen molar-refractivity contribution < 1.29 is 9.53 Å². The van der Waals surface area contributed by atoms with Crippen LogP contribution in [0.1, 0.15) is 29.0 Å². The third-order valence-corrected chi connectivity index (χ3v) is 5.93. The average Bonchev–Trinajstić information content (AvgIpc) is 3.12. The van der Waals surface area contributed by atoms with Gasteiger partial charge in [0.15, 0.2) is 11.6 Å². The van der Waals surface area contributed by atoms with Crippen molar-refractivity contribution >= 4 is 11.7 Å². The third kappa shape index (κ3) is 3.09. The van der Waals surface area contributed by atoms with E-state index in [1.54, 1.807) is 30.9 Å². The number of nitrogens with zero attached hydrogens (tertiary/aromatic N) is 8. The van der Waals surface area contributed by atoms with Crippen molar-refractivity contribution in [2.24, 2.45) is 5.41 Å². The summed E-state index contributed by atoms with van der Waals surface area (Å²) in [5.74, 6) is 2.39. The topological polar surface area (TPSA) is 126 Å². The molecule has 11 nitrogen and oxygen atoms in total. The van der Waals surface area contributed by atoms with Gasteiger partial charge in [-0.15, -0.1) is 15.3 Å². The number of aromatic nitrogens is 8. The number of nitrogens with one attached hydrogen (secondary N) is 1. The van der Waals surface area contributed by atoms with Gasteiger partial charge in [-0.3, -0.25) is 9.78 Å². The molecule has 0 bridgehead atoms. The van der Waals surface area contributed by atoms with Gasteiger partial charge in [0.2, 0.25) is 5.88 Å². The molecule has 1 aliphatic heterocycles. The van der Waals surface area contributed by atoms with Crippen molar-refractivity contribution in [2.45, 2.75) is 25.8 Å². The molecule has 4 aromatic rings. The number of hydrogen-bond acceptors (Lipinski definition) is 8. The Kier molecular flexibility index (Phi) is 4.03. The summed E-state index contributed by atoms with van der Waals surface area (Å²) in [5.41, 5.74) is 1.30. The van der Waals surface area contributed by atoms with Crippen LogP contribution in [0.5, 0.6) is 5.88 Å². The molecule has 0 aromatic carbocycles. The Morgan fingerprint density at radius 2 is 2.12 bits per heavy atom. The predicted molar refractivity (Wildman–Crippen MR) is 112 cm³/mol. The van der Waals surface area contributed by atoms with Gasteiger partial charge in [0.25, 0.3) is 5.91 Å². The summed E-state index contributed by atoms with van der Waals surface area (Å²) in [5, 5.41) is 15.8. The summed E-state index contributed by atoms with van der Waals surface area (Å²) in [4.78, 5) is 25.8. The maximum atomic E-state index is 13.0. The maximum absolute atomic E-state index is 13.0. The van der Waals surface area contributed by atoms with Crippen molar-refractivity contribution in [3.63, 3.8) is 0 Å². The molecule has 0 radical (unpaired) electrons. The number of ether oxygens (including phenoxy) is 1. The lowest BCUT2D eigenvalue weighted by molar-refractivity contribution is 0.102. The highest BCUT2D eigenvalue weighted by Crippen LogP contribution is 2.53. The first-order chi connectivity index (χ1) is 15.6. The Hall–Kier alpha value is -4.15. The van der Waals surface area contributed by atoms with E-state index in [2.05, 4.69) is 40.1 Å². The van der Waals surface area contributed by atoms with Crippen LogP contribution >= 0.6 is 0 Å². The molecule has 1 fully saturated rings. The fourth-order valence-corrected chi connectivity index (χ4v) is 4.06. The summed E-state index contributed by atoms with van der Waals surface area (Å²) in [6, 6.07) is 5.43. The van der Waals surface area contributed by atoms with Crippen LogP contribution in [0.15, 0.2) is 43.0 Å². The number of fused-ring (bicyclic) bond motifs is 1. The van der Waals surface area contributed by atoms with Crippen LogP contribution in [0, 0.1) is 5.41 Å². The van der Waals surface area contributed by atoms with Crippen molar-refractivity contribution in [3.8, 4) is 23.2 Å². The van der Waals surface area contributed by atoms with Crippen LogP contribution in [0.2, 0.25) is 0 Å². The molecular formula is C21H19N9O2. The van der Waals surface area contributed by atoms with Gasteiger partial charge in [-0.05, 0) is 30.4 Å². The Bertz CT molecular complexity index is 1320.